The highest BCUT2D eigenvalue weighted by molar-refractivity contribution is 5.85. The number of nitrogens with zero attached hydrogens (tertiary/aromatic N) is 2. The third-order valence-electron chi connectivity index (χ3n) is 5.94. The third-order valence-corrected chi connectivity index (χ3v) is 5.94. The molecule has 1 amide bonds. The number of fused-ring (bicyclic) bond motifs is 1. The lowest BCUT2D eigenvalue weighted by atomic mass is 9.67. The molecule has 1 saturated carbocycles. The van der Waals surface area contributed by atoms with Crippen LogP contribution in [0, 0.1) is 11.3 Å². The fraction of sp³-hybridized carbons (Fsp3) is 0.476. The molecule has 2 fully saturated rings. The predicted octanol–water partition coefficient (Wildman–Crippen LogP) is 2.87. The number of anilines is 1. The number of rotatable bonds is 6. The van der Waals surface area contributed by atoms with Crippen LogP contribution in [0.1, 0.15) is 25.7 Å². The summed E-state index contributed by atoms with van der Waals surface area (Å²) in [5.41, 5.74) is 1.72. The zero-order valence-electron chi connectivity index (χ0n) is 16.0. The van der Waals surface area contributed by atoms with Gasteiger partial charge in [-0.05, 0) is 37.4 Å². The molecule has 0 radical (unpaired) electrons. The van der Waals surface area contributed by atoms with Gasteiger partial charge in [-0.3, -0.25) is 4.79 Å². The second-order valence-electron chi connectivity index (χ2n) is 7.58. The zero-order chi connectivity index (χ0) is 18.5. The Balaban J connectivity index is 0.00000225. The second kappa shape index (κ2) is 9.34. The topological polar surface area (TPSA) is 78.9 Å². The molecule has 4 rings (SSSR count). The molecule has 1 aliphatic heterocycles. The highest BCUT2D eigenvalue weighted by Gasteiger charge is 2.49. The van der Waals surface area contributed by atoms with Gasteiger partial charge >= 0.3 is 0 Å². The van der Waals surface area contributed by atoms with Gasteiger partial charge in [0, 0.05) is 25.2 Å². The molecule has 0 spiro atoms. The molecular weight excluding hydrogens is 374 g/mol. The van der Waals surface area contributed by atoms with E-state index in [1.165, 1.54) is 12.8 Å². The molecule has 2 aliphatic rings. The average Bonchev–Trinajstić information content (AvgIpc) is 3.17. The smallest absolute Gasteiger partial charge is 0.227 e. The summed E-state index contributed by atoms with van der Waals surface area (Å²) >= 11 is 0. The van der Waals surface area contributed by atoms with Crippen LogP contribution in [0.4, 0.5) is 5.82 Å². The van der Waals surface area contributed by atoms with Crippen LogP contribution in [-0.4, -0.2) is 42.3 Å². The maximum atomic E-state index is 12.8. The Morgan fingerprint density at radius 3 is 2.75 bits per heavy atom. The van der Waals surface area contributed by atoms with Gasteiger partial charge in [-0.1, -0.05) is 43.2 Å². The number of benzene rings is 1. The van der Waals surface area contributed by atoms with E-state index in [0.717, 1.165) is 43.0 Å². The van der Waals surface area contributed by atoms with Crippen LogP contribution in [0.3, 0.4) is 0 Å². The summed E-state index contributed by atoms with van der Waals surface area (Å²) in [6.07, 6.45) is 4.59. The van der Waals surface area contributed by atoms with Crippen molar-refractivity contribution in [1.82, 2.24) is 20.8 Å². The number of halogens is 1. The highest BCUT2D eigenvalue weighted by atomic mass is 35.5. The minimum absolute atomic E-state index is 0. The molecule has 6 nitrogen and oxygen atoms in total. The Hall–Kier alpha value is -2.18. The Kier molecular flexibility index (Phi) is 6.86. The number of carbonyl (C=O) groups excluding carboxylic acids is 1. The molecule has 0 unspecified atom stereocenters. The molecule has 2 aromatic rings. The van der Waals surface area contributed by atoms with Gasteiger partial charge < -0.3 is 16.0 Å². The minimum Gasteiger partial charge on any atom is -0.367 e. The second-order valence-corrected chi connectivity index (χ2v) is 7.58. The van der Waals surface area contributed by atoms with E-state index < -0.39 is 0 Å². The van der Waals surface area contributed by atoms with Crippen molar-refractivity contribution in [3.8, 4) is 11.3 Å². The van der Waals surface area contributed by atoms with E-state index in [-0.39, 0.29) is 23.7 Å². The first kappa shape index (κ1) is 20.6. The molecule has 7 heteroatoms. The van der Waals surface area contributed by atoms with Crippen LogP contribution in [-0.2, 0) is 4.79 Å². The van der Waals surface area contributed by atoms with E-state index in [4.69, 9.17) is 0 Å². The normalized spacial score (nSPS) is 23.4. The number of carbonyl (C=O) groups is 1. The van der Waals surface area contributed by atoms with Crippen LogP contribution in [0.25, 0.3) is 11.3 Å². The van der Waals surface area contributed by atoms with Crippen LogP contribution in [0.15, 0.2) is 42.5 Å². The van der Waals surface area contributed by atoms with E-state index in [1.807, 2.05) is 42.5 Å². The van der Waals surface area contributed by atoms with Crippen molar-refractivity contribution in [1.29, 1.82) is 0 Å². The first-order chi connectivity index (χ1) is 13.3. The lowest BCUT2D eigenvalue weighted by molar-refractivity contribution is -0.133. The molecule has 1 aliphatic carbocycles. The standard InChI is InChI=1S/C21H27N5O.ClH/c27-20(21-11-5-4-8-17(21)14-22-15-21)24-13-12-23-19-10-9-18(25-26-19)16-6-2-1-3-7-16;/h1-3,6-7,9-10,17,22H,4-5,8,11-15H2,(H,23,26)(H,24,27);1H/t17-,21+;/m0./s1. The van der Waals surface area contributed by atoms with E-state index in [2.05, 4.69) is 26.1 Å². The number of amides is 1. The fourth-order valence-electron chi connectivity index (χ4n) is 4.42. The van der Waals surface area contributed by atoms with Gasteiger partial charge in [0.1, 0.15) is 5.82 Å². The van der Waals surface area contributed by atoms with Gasteiger partial charge in [-0.2, -0.15) is 0 Å². The minimum atomic E-state index is -0.185. The molecule has 1 aromatic heterocycles. The Morgan fingerprint density at radius 2 is 1.96 bits per heavy atom. The maximum absolute atomic E-state index is 12.8. The fourth-order valence-corrected chi connectivity index (χ4v) is 4.42. The van der Waals surface area contributed by atoms with Crippen molar-refractivity contribution < 1.29 is 4.79 Å². The van der Waals surface area contributed by atoms with E-state index >= 15 is 0 Å². The molecule has 2 heterocycles. The van der Waals surface area contributed by atoms with E-state index in [0.29, 0.717) is 19.0 Å². The van der Waals surface area contributed by atoms with Crippen molar-refractivity contribution >= 4 is 24.1 Å². The largest absolute Gasteiger partial charge is 0.367 e. The first-order valence-corrected chi connectivity index (χ1v) is 9.90. The lowest BCUT2D eigenvalue weighted by Crippen LogP contribution is -2.48. The molecular formula is C21H28ClN5O. The third kappa shape index (κ3) is 4.28. The molecule has 1 aromatic carbocycles. The van der Waals surface area contributed by atoms with Gasteiger partial charge in [0.25, 0.3) is 0 Å². The number of nitrogens with one attached hydrogen (secondary N) is 3. The average molecular weight is 402 g/mol. The van der Waals surface area contributed by atoms with E-state index in [9.17, 15) is 4.79 Å². The summed E-state index contributed by atoms with van der Waals surface area (Å²) < 4.78 is 0. The van der Waals surface area contributed by atoms with Crippen LogP contribution in [0.2, 0.25) is 0 Å². The van der Waals surface area contributed by atoms with Gasteiger partial charge in [0.05, 0.1) is 11.1 Å². The van der Waals surface area contributed by atoms with Gasteiger partial charge in [0.2, 0.25) is 5.91 Å². The summed E-state index contributed by atoms with van der Waals surface area (Å²) in [6.45, 7) is 3.03. The van der Waals surface area contributed by atoms with Gasteiger partial charge in [0.15, 0.2) is 0 Å². The van der Waals surface area contributed by atoms with Crippen LogP contribution in [0.5, 0.6) is 0 Å². The number of hydrogen-bond acceptors (Lipinski definition) is 5. The summed E-state index contributed by atoms with van der Waals surface area (Å²) in [5, 5.41) is 18.3. The van der Waals surface area contributed by atoms with E-state index in [1.54, 1.807) is 0 Å². The number of aromatic nitrogens is 2. The lowest BCUT2D eigenvalue weighted by Gasteiger charge is -2.37. The Morgan fingerprint density at radius 1 is 1.11 bits per heavy atom. The molecule has 0 bridgehead atoms. The SMILES string of the molecule is Cl.O=C(NCCNc1ccc(-c2ccccc2)nn1)[C@@]12CCCC[C@H]1CNC2. The summed E-state index contributed by atoms with van der Waals surface area (Å²) in [7, 11) is 0. The quantitative estimate of drug-likeness (QED) is 0.648. The van der Waals surface area contributed by atoms with Crippen molar-refractivity contribution in [3.05, 3.63) is 42.5 Å². The summed E-state index contributed by atoms with van der Waals surface area (Å²) in [6, 6.07) is 13.9. The van der Waals surface area contributed by atoms with Crippen molar-refractivity contribution in [3.63, 3.8) is 0 Å². The molecule has 1 saturated heterocycles. The summed E-state index contributed by atoms with van der Waals surface area (Å²) in [4.78, 5) is 12.8. The van der Waals surface area contributed by atoms with Crippen molar-refractivity contribution in [2.75, 3.05) is 31.5 Å². The summed E-state index contributed by atoms with van der Waals surface area (Å²) in [5.74, 6) is 1.43. The predicted molar refractivity (Wildman–Crippen MR) is 113 cm³/mol. The maximum Gasteiger partial charge on any atom is 0.227 e. The van der Waals surface area contributed by atoms with Gasteiger partial charge in [-0.15, -0.1) is 22.6 Å². The Labute approximate surface area is 172 Å². The van der Waals surface area contributed by atoms with Crippen LogP contribution < -0.4 is 16.0 Å². The Bertz CT molecular complexity index is 770. The monoisotopic (exact) mass is 401 g/mol. The van der Waals surface area contributed by atoms with Crippen molar-refractivity contribution in [2.45, 2.75) is 25.7 Å². The first-order valence-electron chi connectivity index (χ1n) is 9.90. The highest BCUT2D eigenvalue weighted by Crippen LogP contribution is 2.43. The molecule has 28 heavy (non-hydrogen) atoms. The molecule has 150 valence electrons. The molecule has 3 N–H and O–H groups in total. The zero-order valence-corrected chi connectivity index (χ0v) is 16.8. The van der Waals surface area contributed by atoms with Crippen molar-refractivity contribution in [2.24, 2.45) is 11.3 Å². The van der Waals surface area contributed by atoms with Gasteiger partial charge in [-0.25, -0.2) is 0 Å². The van der Waals surface area contributed by atoms with Crippen LogP contribution >= 0.6 is 12.4 Å². The molecule has 2 atom stereocenters. The number of hydrogen-bond donors (Lipinski definition) is 3.